The first-order valence-electron chi connectivity index (χ1n) is 13.1. The molecule has 1 aromatic rings. The van der Waals surface area contributed by atoms with E-state index in [1.807, 2.05) is 6.07 Å². The molecule has 0 aromatic heterocycles. The summed E-state index contributed by atoms with van der Waals surface area (Å²) in [6.07, 6.45) is 20.4. The van der Waals surface area contributed by atoms with Crippen LogP contribution in [0.5, 0.6) is 0 Å². The fourth-order valence-electron chi connectivity index (χ4n) is 7.28. The van der Waals surface area contributed by atoms with Crippen LogP contribution in [-0.2, 0) is 0 Å². The van der Waals surface area contributed by atoms with Gasteiger partial charge in [-0.3, -0.25) is 0 Å². The molecule has 168 valence electrons. The van der Waals surface area contributed by atoms with Crippen molar-refractivity contribution in [2.75, 3.05) is 0 Å². The predicted octanol–water partition coefficient (Wildman–Crippen LogP) is 9.04. The van der Waals surface area contributed by atoms with Crippen molar-refractivity contribution in [2.24, 2.45) is 29.6 Å². The number of unbranched alkanes of at least 4 members (excludes halogenated alkanes) is 3. The molecule has 3 fully saturated rings. The van der Waals surface area contributed by atoms with Crippen LogP contribution in [0.2, 0.25) is 0 Å². The van der Waals surface area contributed by atoms with E-state index in [4.69, 9.17) is 0 Å². The number of rotatable bonds is 7. The molecule has 0 spiro atoms. The highest BCUT2D eigenvalue weighted by molar-refractivity contribution is 5.24. The number of hydrogen-bond donors (Lipinski definition) is 0. The summed E-state index contributed by atoms with van der Waals surface area (Å²) in [5.41, 5.74) is 0.632. The van der Waals surface area contributed by atoms with Gasteiger partial charge in [0.05, 0.1) is 0 Å². The van der Waals surface area contributed by atoms with E-state index in [1.165, 1.54) is 89.5 Å². The number of fused-ring (bicyclic) bond motifs is 1. The molecule has 2 heteroatoms. The Hall–Kier alpha value is -0.920. The van der Waals surface area contributed by atoms with Crippen molar-refractivity contribution in [3.63, 3.8) is 0 Å². The highest BCUT2D eigenvalue weighted by Crippen LogP contribution is 2.51. The molecule has 3 saturated carbocycles. The van der Waals surface area contributed by atoms with Crippen molar-refractivity contribution < 1.29 is 8.78 Å². The van der Waals surface area contributed by atoms with Gasteiger partial charge in [-0.2, -0.15) is 0 Å². The molecule has 4 rings (SSSR count). The minimum atomic E-state index is -0.681. The van der Waals surface area contributed by atoms with Crippen LogP contribution in [0.15, 0.2) is 18.2 Å². The Labute approximate surface area is 183 Å². The number of benzene rings is 1. The molecule has 30 heavy (non-hydrogen) atoms. The topological polar surface area (TPSA) is 0 Å². The lowest BCUT2D eigenvalue weighted by Gasteiger charge is -2.45. The predicted molar refractivity (Wildman–Crippen MR) is 121 cm³/mol. The number of halogens is 2. The van der Waals surface area contributed by atoms with E-state index in [0.717, 1.165) is 42.4 Å². The van der Waals surface area contributed by atoms with E-state index < -0.39 is 11.6 Å². The first-order valence-corrected chi connectivity index (χ1v) is 13.1. The molecule has 0 nitrogen and oxygen atoms in total. The van der Waals surface area contributed by atoms with Gasteiger partial charge in [-0.05, 0) is 98.5 Å². The number of hydrogen-bond acceptors (Lipinski definition) is 0. The average Bonchev–Trinajstić information content (AvgIpc) is 2.78. The third kappa shape index (κ3) is 5.28. The van der Waals surface area contributed by atoms with Crippen molar-refractivity contribution in [1.82, 2.24) is 0 Å². The quantitative estimate of drug-likeness (QED) is 0.389. The molecule has 0 radical (unpaired) electrons. The zero-order valence-electron chi connectivity index (χ0n) is 19.1. The normalized spacial score (nSPS) is 34.5. The van der Waals surface area contributed by atoms with E-state index in [0.29, 0.717) is 5.56 Å². The monoisotopic (exact) mass is 416 g/mol. The molecular weight excluding hydrogens is 374 g/mol. The summed E-state index contributed by atoms with van der Waals surface area (Å²) in [6, 6.07) is 4.74. The van der Waals surface area contributed by atoms with Crippen LogP contribution in [0.1, 0.15) is 115 Å². The molecule has 3 aliphatic carbocycles. The van der Waals surface area contributed by atoms with Crippen molar-refractivity contribution >= 4 is 0 Å². The molecule has 0 heterocycles. The molecule has 0 amide bonds. The second kappa shape index (κ2) is 10.6. The summed E-state index contributed by atoms with van der Waals surface area (Å²) in [5, 5.41) is 0. The first-order chi connectivity index (χ1) is 14.7. The Morgan fingerprint density at radius 2 is 1.40 bits per heavy atom. The lowest BCUT2D eigenvalue weighted by atomic mass is 9.60. The van der Waals surface area contributed by atoms with Gasteiger partial charge < -0.3 is 0 Å². The average molecular weight is 417 g/mol. The largest absolute Gasteiger partial charge is 0.204 e. The maximum absolute atomic E-state index is 14.3. The maximum atomic E-state index is 14.3. The van der Waals surface area contributed by atoms with Gasteiger partial charge >= 0.3 is 0 Å². The lowest BCUT2D eigenvalue weighted by Crippen LogP contribution is -2.34. The van der Waals surface area contributed by atoms with Crippen molar-refractivity contribution in [3.05, 3.63) is 35.4 Å². The minimum Gasteiger partial charge on any atom is -0.204 e. The van der Waals surface area contributed by atoms with Gasteiger partial charge in [-0.25, -0.2) is 8.78 Å². The molecule has 0 saturated heterocycles. The molecule has 3 aliphatic rings. The second-order valence-corrected chi connectivity index (χ2v) is 10.9. The van der Waals surface area contributed by atoms with Crippen LogP contribution in [0.3, 0.4) is 0 Å². The Kier molecular flexibility index (Phi) is 7.87. The minimum absolute atomic E-state index is 0.224. The van der Waals surface area contributed by atoms with E-state index in [-0.39, 0.29) is 5.92 Å². The van der Waals surface area contributed by atoms with E-state index in [2.05, 4.69) is 6.92 Å². The van der Waals surface area contributed by atoms with Gasteiger partial charge in [0.1, 0.15) is 0 Å². The van der Waals surface area contributed by atoms with Crippen LogP contribution in [0.25, 0.3) is 0 Å². The third-order valence-electron chi connectivity index (χ3n) is 9.10. The molecule has 1 aromatic carbocycles. The highest BCUT2D eigenvalue weighted by Gasteiger charge is 2.39. The summed E-state index contributed by atoms with van der Waals surface area (Å²) >= 11 is 0. The molecule has 4 atom stereocenters. The second-order valence-electron chi connectivity index (χ2n) is 10.9. The van der Waals surface area contributed by atoms with Crippen LogP contribution < -0.4 is 0 Å². The van der Waals surface area contributed by atoms with Crippen LogP contribution in [0.4, 0.5) is 8.78 Å². The Morgan fingerprint density at radius 1 is 0.733 bits per heavy atom. The van der Waals surface area contributed by atoms with Gasteiger partial charge in [0.15, 0.2) is 11.6 Å². The molecule has 4 unspecified atom stereocenters. The SMILES string of the molecule is CCCCCCC1CCC(C2CCC3CC(c4cccc(F)c4F)CCC3C2)CC1. The van der Waals surface area contributed by atoms with Crippen LogP contribution in [-0.4, -0.2) is 0 Å². The fraction of sp³-hybridized carbons (Fsp3) is 0.786. The maximum Gasteiger partial charge on any atom is 0.162 e. The zero-order valence-corrected chi connectivity index (χ0v) is 19.1. The molecule has 0 N–H and O–H groups in total. The zero-order chi connectivity index (χ0) is 20.9. The van der Waals surface area contributed by atoms with Crippen molar-refractivity contribution in [1.29, 1.82) is 0 Å². The molecule has 0 bridgehead atoms. The fourth-order valence-corrected chi connectivity index (χ4v) is 7.28. The van der Waals surface area contributed by atoms with Crippen molar-refractivity contribution in [2.45, 2.75) is 109 Å². The van der Waals surface area contributed by atoms with Gasteiger partial charge in [-0.1, -0.05) is 64.0 Å². The standard InChI is InChI=1S/C28H42F2/c1-2-3-4-5-7-20-10-12-21(13-11-20)22-14-15-24-19-25(17-16-23(24)18-22)26-8-6-9-27(29)28(26)30/h6,8-9,20-25H,2-5,7,10-19H2,1H3. The van der Waals surface area contributed by atoms with Crippen molar-refractivity contribution in [3.8, 4) is 0 Å². The lowest BCUT2D eigenvalue weighted by molar-refractivity contribution is 0.0705. The summed E-state index contributed by atoms with van der Waals surface area (Å²) in [5.74, 6) is 3.43. The molecular formula is C28H42F2. The summed E-state index contributed by atoms with van der Waals surface area (Å²) in [6.45, 7) is 2.30. The van der Waals surface area contributed by atoms with Gasteiger partial charge in [0.25, 0.3) is 0 Å². The Morgan fingerprint density at radius 3 is 2.17 bits per heavy atom. The van der Waals surface area contributed by atoms with Gasteiger partial charge in [0.2, 0.25) is 0 Å². The summed E-state index contributed by atoms with van der Waals surface area (Å²) in [4.78, 5) is 0. The van der Waals surface area contributed by atoms with E-state index >= 15 is 0 Å². The summed E-state index contributed by atoms with van der Waals surface area (Å²) < 4.78 is 28.0. The van der Waals surface area contributed by atoms with E-state index in [9.17, 15) is 8.78 Å². The van der Waals surface area contributed by atoms with E-state index in [1.54, 1.807) is 6.07 Å². The van der Waals surface area contributed by atoms with Crippen LogP contribution >= 0.6 is 0 Å². The highest BCUT2D eigenvalue weighted by atomic mass is 19.2. The third-order valence-corrected chi connectivity index (χ3v) is 9.10. The van der Waals surface area contributed by atoms with Gasteiger partial charge in [-0.15, -0.1) is 0 Å². The van der Waals surface area contributed by atoms with Crippen LogP contribution in [0, 0.1) is 41.2 Å². The smallest absolute Gasteiger partial charge is 0.162 e. The Bertz CT molecular complexity index is 661. The summed E-state index contributed by atoms with van der Waals surface area (Å²) in [7, 11) is 0. The Balaban J connectivity index is 1.24. The van der Waals surface area contributed by atoms with Gasteiger partial charge in [0, 0.05) is 0 Å². The molecule has 0 aliphatic heterocycles. The first kappa shape index (κ1) is 22.3.